The lowest BCUT2D eigenvalue weighted by Gasteiger charge is -2.00. The van der Waals surface area contributed by atoms with Crippen LogP contribution in [0.25, 0.3) is 11.3 Å². The molecule has 1 aromatic heterocycles. The maximum absolute atomic E-state index is 13.5. The molecule has 0 atom stereocenters. The molecule has 1 heterocycles. The molecule has 0 aliphatic rings. The Morgan fingerprint density at radius 1 is 1.00 bits per heavy atom. The summed E-state index contributed by atoms with van der Waals surface area (Å²) in [5.74, 6) is 0.949. The number of hydrogen-bond donors (Lipinski definition) is 0. The lowest BCUT2D eigenvalue weighted by molar-refractivity contribution is 0.529. The Morgan fingerprint density at radius 2 is 1.76 bits per heavy atom. The van der Waals surface area contributed by atoms with Crippen molar-refractivity contribution in [3.05, 3.63) is 72.3 Å². The van der Waals surface area contributed by atoms with Crippen molar-refractivity contribution in [1.82, 2.24) is 4.98 Å². The van der Waals surface area contributed by atoms with Crippen molar-refractivity contribution in [2.45, 2.75) is 10.6 Å². The van der Waals surface area contributed by atoms with E-state index in [0.717, 1.165) is 5.56 Å². The Hall–Kier alpha value is -2.14. The van der Waals surface area contributed by atoms with Gasteiger partial charge in [-0.05, 0) is 36.4 Å². The van der Waals surface area contributed by atoms with E-state index in [4.69, 9.17) is 4.42 Å². The average molecular weight is 303 g/mol. The standard InChI is InChI=1S/C16H11F2NOS/c17-12-7-5-11(6-8-12)14-9-19-16(20-14)10-21-15-4-2-1-3-13(15)18/h1-9H,10H2. The summed E-state index contributed by atoms with van der Waals surface area (Å²) < 4.78 is 32.0. The first kappa shape index (κ1) is 13.8. The van der Waals surface area contributed by atoms with Gasteiger partial charge < -0.3 is 4.42 Å². The minimum absolute atomic E-state index is 0.257. The van der Waals surface area contributed by atoms with E-state index < -0.39 is 0 Å². The zero-order valence-corrected chi connectivity index (χ0v) is 11.7. The predicted octanol–water partition coefficient (Wildman–Crippen LogP) is 4.91. The molecule has 3 aromatic rings. The first-order valence-corrected chi connectivity index (χ1v) is 7.29. The summed E-state index contributed by atoms with van der Waals surface area (Å²) >= 11 is 1.32. The number of rotatable bonds is 4. The van der Waals surface area contributed by atoms with Gasteiger partial charge in [0.15, 0.2) is 5.76 Å². The molecule has 3 rings (SSSR count). The van der Waals surface area contributed by atoms with Gasteiger partial charge in [0.2, 0.25) is 5.89 Å². The maximum Gasteiger partial charge on any atom is 0.205 e. The van der Waals surface area contributed by atoms with Gasteiger partial charge in [0.25, 0.3) is 0 Å². The molecule has 5 heteroatoms. The fourth-order valence-electron chi connectivity index (χ4n) is 1.83. The molecule has 2 nitrogen and oxygen atoms in total. The monoisotopic (exact) mass is 303 g/mol. The van der Waals surface area contributed by atoms with Crippen molar-refractivity contribution in [2.24, 2.45) is 0 Å². The molecule has 21 heavy (non-hydrogen) atoms. The Bertz CT molecular complexity index is 740. The van der Waals surface area contributed by atoms with Gasteiger partial charge >= 0.3 is 0 Å². The third-order valence-corrected chi connectivity index (χ3v) is 3.90. The number of aromatic nitrogens is 1. The molecule has 0 spiro atoms. The first-order chi connectivity index (χ1) is 10.2. The Morgan fingerprint density at radius 3 is 2.52 bits per heavy atom. The summed E-state index contributed by atoms with van der Waals surface area (Å²) in [5.41, 5.74) is 0.756. The average Bonchev–Trinajstić information content (AvgIpc) is 2.96. The highest BCUT2D eigenvalue weighted by molar-refractivity contribution is 7.98. The molecular formula is C16H11F2NOS. The third kappa shape index (κ3) is 3.31. The summed E-state index contributed by atoms with van der Waals surface area (Å²) in [6.45, 7) is 0. The van der Waals surface area contributed by atoms with E-state index in [1.165, 1.54) is 30.0 Å². The fourth-order valence-corrected chi connectivity index (χ4v) is 2.62. The maximum atomic E-state index is 13.5. The van der Waals surface area contributed by atoms with Crippen LogP contribution in [0.3, 0.4) is 0 Å². The highest BCUT2D eigenvalue weighted by atomic mass is 32.2. The van der Waals surface area contributed by atoms with Crippen LogP contribution < -0.4 is 0 Å². The SMILES string of the molecule is Fc1ccc(-c2cnc(CSc3ccccc3F)o2)cc1. The highest BCUT2D eigenvalue weighted by Gasteiger charge is 2.08. The molecule has 0 amide bonds. The van der Waals surface area contributed by atoms with E-state index in [1.54, 1.807) is 36.5 Å². The minimum Gasteiger partial charge on any atom is -0.440 e. The van der Waals surface area contributed by atoms with Gasteiger partial charge in [0.05, 0.1) is 11.9 Å². The number of halogens is 2. The molecule has 0 bridgehead atoms. The van der Waals surface area contributed by atoms with Crippen molar-refractivity contribution in [3.8, 4) is 11.3 Å². The van der Waals surface area contributed by atoms with Gasteiger partial charge in [-0.25, -0.2) is 13.8 Å². The first-order valence-electron chi connectivity index (χ1n) is 6.30. The fraction of sp³-hybridized carbons (Fsp3) is 0.0625. The van der Waals surface area contributed by atoms with Crippen molar-refractivity contribution >= 4 is 11.8 Å². The molecule has 0 saturated carbocycles. The van der Waals surface area contributed by atoms with Crippen LogP contribution in [0.15, 0.2) is 64.0 Å². The number of benzene rings is 2. The van der Waals surface area contributed by atoms with Crippen molar-refractivity contribution in [3.63, 3.8) is 0 Å². The summed E-state index contributed by atoms with van der Waals surface area (Å²) in [5, 5.41) is 0. The summed E-state index contributed by atoms with van der Waals surface area (Å²) in [7, 11) is 0. The topological polar surface area (TPSA) is 26.0 Å². The van der Waals surface area contributed by atoms with Crippen LogP contribution in [-0.2, 0) is 5.75 Å². The lowest BCUT2D eigenvalue weighted by atomic mass is 10.2. The number of hydrogen-bond acceptors (Lipinski definition) is 3. The summed E-state index contributed by atoms with van der Waals surface area (Å²) in [4.78, 5) is 4.71. The Labute approximate surface area is 124 Å². The molecule has 0 aliphatic heterocycles. The molecule has 0 fully saturated rings. The quantitative estimate of drug-likeness (QED) is 0.640. The molecule has 2 aromatic carbocycles. The second-order valence-electron chi connectivity index (χ2n) is 4.34. The van der Waals surface area contributed by atoms with E-state index in [0.29, 0.717) is 22.3 Å². The van der Waals surface area contributed by atoms with Gasteiger partial charge in [-0.2, -0.15) is 0 Å². The van der Waals surface area contributed by atoms with E-state index >= 15 is 0 Å². The number of nitrogens with zero attached hydrogens (tertiary/aromatic N) is 1. The lowest BCUT2D eigenvalue weighted by Crippen LogP contribution is -1.83. The zero-order chi connectivity index (χ0) is 14.7. The molecule has 0 N–H and O–H groups in total. The van der Waals surface area contributed by atoms with Crippen LogP contribution in [0.5, 0.6) is 0 Å². The van der Waals surface area contributed by atoms with E-state index in [2.05, 4.69) is 4.98 Å². The van der Waals surface area contributed by atoms with Crippen LogP contribution >= 0.6 is 11.8 Å². The normalized spacial score (nSPS) is 10.8. The van der Waals surface area contributed by atoms with Gasteiger partial charge in [0.1, 0.15) is 11.6 Å². The van der Waals surface area contributed by atoms with Crippen molar-refractivity contribution < 1.29 is 13.2 Å². The van der Waals surface area contributed by atoms with Gasteiger partial charge in [-0.3, -0.25) is 0 Å². The van der Waals surface area contributed by atoms with Crippen molar-refractivity contribution in [1.29, 1.82) is 0 Å². The second kappa shape index (κ2) is 6.10. The summed E-state index contributed by atoms with van der Waals surface area (Å²) in [6, 6.07) is 12.6. The molecule has 0 unspecified atom stereocenters. The smallest absolute Gasteiger partial charge is 0.205 e. The van der Waals surface area contributed by atoms with E-state index in [9.17, 15) is 8.78 Å². The van der Waals surface area contributed by atoms with Crippen LogP contribution in [0.4, 0.5) is 8.78 Å². The van der Waals surface area contributed by atoms with Crippen molar-refractivity contribution in [2.75, 3.05) is 0 Å². The van der Waals surface area contributed by atoms with Gasteiger partial charge in [-0.1, -0.05) is 12.1 Å². The zero-order valence-electron chi connectivity index (χ0n) is 10.9. The number of oxazole rings is 1. The largest absolute Gasteiger partial charge is 0.440 e. The minimum atomic E-state index is -0.298. The van der Waals surface area contributed by atoms with Crippen LogP contribution in [-0.4, -0.2) is 4.98 Å². The molecule has 0 radical (unpaired) electrons. The third-order valence-electron chi connectivity index (χ3n) is 2.87. The Balaban J connectivity index is 1.71. The second-order valence-corrected chi connectivity index (χ2v) is 5.36. The number of thioether (sulfide) groups is 1. The molecule has 106 valence electrons. The molecular weight excluding hydrogens is 292 g/mol. The predicted molar refractivity (Wildman–Crippen MR) is 77.9 cm³/mol. The van der Waals surface area contributed by atoms with Gasteiger partial charge in [0, 0.05) is 10.5 Å². The van der Waals surface area contributed by atoms with Crippen LogP contribution in [0.2, 0.25) is 0 Å². The van der Waals surface area contributed by atoms with Crippen LogP contribution in [0, 0.1) is 11.6 Å². The molecule has 0 saturated heterocycles. The van der Waals surface area contributed by atoms with Crippen LogP contribution in [0.1, 0.15) is 5.89 Å². The van der Waals surface area contributed by atoms with E-state index in [-0.39, 0.29) is 11.6 Å². The summed E-state index contributed by atoms with van der Waals surface area (Å²) in [6.07, 6.45) is 1.59. The molecule has 0 aliphatic carbocycles. The van der Waals surface area contributed by atoms with E-state index in [1.807, 2.05) is 0 Å². The highest BCUT2D eigenvalue weighted by Crippen LogP contribution is 2.27. The van der Waals surface area contributed by atoms with Gasteiger partial charge in [-0.15, -0.1) is 11.8 Å². The Kier molecular flexibility index (Phi) is 4.01.